The van der Waals surface area contributed by atoms with E-state index >= 15 is 0 Å². The van der Waals surface area contributed by atoms with Crippen LogP contribution in [-0.4, -0.2) is 12.6 Å². The quantitative estimate of drug-likeness (QED) is 0.467. The summed E-state index contributed by atoms with van der Waals surface area (Å²) >= 11 is 0. The van der Waals surface area contributed by atoms with Gasteiger partial charge in [-0.2, -0.15) is 0 Å². The minimum Gasteiger partial charge on any atom is -0.313 e. The zero-order valence-electron chi connectivity index (χ0n) is 4.65. The molecule has 1 aliphatic heterocycles. The monoisotopic (exact) mass is 97.1 g/mol. The highest BCUT2D eigenvalue weighted by atomic mass is 15.0. The second-order valence-electron chi connectivity index (χ2n) is 2.89. The Morgan fingerprint density at radius 3 is 2.57 bits per heavy atom. The van der Waals surface area contributed by atoms with E-state index in [1.165, 1.54) is 13.0 Å². The summed E-state index contributed by atoms with van der Waals surface area (Å²) in [5.74, 6) is 2.05. The van der Waals surface area contributed by atoms with Gasteiger partial charge in [-0.25, -0.2) is 0 Å². The molecule has 7 heavy (non-hydrogen) atoms. The molecule has 0 spiro atoms. The zero-order chi connectivity index (χ0) is 4.85. The summed E-state index contributed by atoms with van der Waals surface area (Å²) in [6.45, 7) is 3.61. The van der Waals surface area contributed by atoms with Crippen LogP contribution in [0.5, 0.6) is 0 Å². The van der Waals surface area contributed by atoms with Crippen LogP contribution >= 0.6 is 0 Å². The summed E-state index contributed by atoms with van der Waals surface area (Å²) in [4.78, 5) is 0. The molecule has 1 heterocycles. The molecular formula is C6H11N. The molecule has 1 aliphatic carbocycles. The van der Waals surface area contributed by atoms with Crippen LogP contribution in [0.1, 0.15) is 13.3 Å². The number of rotatable bonds is 0. The van der Waals surface area contributed by atoms with Gasteiger partial charge in [-0.1, -0.05) is 6.92 Å². The third kappa shape index (κ3) is 0.418. The maximum absolute atomic E-state index is 3.44. The molecule has 1 nitrogen and oxygen atoms in total. The first-order valence-corrected chi connectivity index (χ1v) is 3.11. The van der Waals surface area contributed by atoms with Gasteiger partial charge in [-0.15, -0.1) is 0 Å². The molecular weight excluding hydrogens is 86.1 g/mol. The van der Waals surface area contributed by atoms with Gasteiger partial charge in [0.2, 0.25) is 0 Å². The molecule has 2 fully saturated rings. The van der Waals surface area contributed by atoms with Gasteiger partial charge in [0.25, 0.3) is 0 Å². The van der Waals surface area contributed by atoms with Crippen LogP contribution in [0.15, 0.2) is 0 Å². The van der Waals surface area contributed by atoms with Crippen molar-refractivity contribution in [2.24, 2.45) is 11.8 Å². The fourth-order valence-electron chi connectivity index (χ4n) is 1.57. The van der Waals surface area contributed by atoms with Gasteiger partial charge in [0, 0.05) is 6.04 Å². The Hall–Kier alpha value is -0.0400. The molecule has 0 aromatic carbocycles. The van der Waals surface area contributed by atoms with Crippen LogP contribution < -0.4 is 5.32 Å². The molecule has 3 atom stereocenters. The molecule has 40 valence electrons. The van der Waals surface area contributed by atoms with Crippen molar-refractivity contribution in [3.8, 4) is 0 Å². The number of nitrogens with one attached hydrogen (secondary N) is 1. The molecule has 3 unspecified atom stereocenters. The minimum absolute atomic E-state index is 0.940. The second-order valence-corrected chi connectivity index (χ2v) is 2.89. The standard InChI is InChI=1S/C6H11N/c1-4-3-7-6-2-5(4)6/h4-7H,2-3H2,1H3. The first-order valence-electron chi connectivity index (χ1n) is 3.11. The van der Waals surface area contributed by atoms with Gasteiger partial charge in [-0.3, -0.25) is 0 Å². The van der Waals surface area contributed by atoms with Gasteiger partial charge < -0.3 is 5.32 Å². The average molecular weight is 97.2 g/mol. The fraction of sp³-hybridized carbons (Fsp3) is 1.00. The topological polar surface area (TPSA) is 12.0 Å². The summed E-state index contributed by atoms with van der Waals surface area (Å²) < 4.78 is 0. The molecule has 0 aromatic rings. The van der Waals surface area contributed by atoms with E-state index in [0.717, 1.165) is 17.9 Å². The lowest BCUT2D eigenvalue weighted by Crippen LogP contribution is -2.13. The van der Waals surface area contributed by atoms with E-state index in [4.69, 9.17) is 0 Å². The number of hydrogen-bond acceptors (Lipinski definition) is 1. The Bertz CT molecular complexity index is 90.2. The molecule has 1 saturated carbocycles. The fourth-order valence-corrected chi connectivity index (χ4v) is 1.57. The third-order valence-corrected chi connectivity index (χ3v) is 2.27. The van der Waals surface area contributed by atoms with Crippen LogP contribution in [0.2, 0.25) is 0 Å². The van der Waals surface area contributed by atoms with Crippen molar-refractivity contribution in [2.75, 3.05) is 6.54 Å². The highest BCUT2D eigenvalue weighted by molar-refractivity contribution is 5.02. The Kier molecular flexibility index (Phi) is 0.571. The van der Waals surface area contributed by atoms with Gasteiger partial charge in [0.1, 0.15) is 0 Å². The maximum atomic E-state index is 3.44. The smallest absolute Gasteiger partial charge is 0.0102 e. The van der Waals surface area contributed by atoms with Crippen molar-refractivity contribution >= 4 is 0 Å². The summed E-state index contributed by atoms with van der Waals surface area (Å²) in [6, 6.07) is 0.940. The van der Waals surface area contributed by atoms with Crippen molar-refractivity contribution in [1.29, 1.82) is 0 Å². The Morgan fingerprint density at radius 1 is 1.57 bits per heavy atom. The molecule has 0 amide bonds. The van der Waals surface area contributed by atoms with Crippen LogP contribution in [0.4, 0.5) is 0 Å². The van der Waals surface area contributed by atoms with Crippen molar-refractivity contribution in [1.82, 2.24) is 5.32 Å². The van der Waals surface area contributed by atoms with E-state index in [1.807, 2.05) is 0 Å². The molecule has 1 heteroatoms. The predicted octanol–water partition coefficient (Wildman–Crippen LogP) is 0.614. The lowest BCUT2D eigenvalue weighted by molar-refractivity contribution is 0.555. The average Bonchev–Trinajstić information content (AvgIpc) is 2.33. The third-order valence-electron chi connectivity index (χ3n) is 2.27. The summed E-state index contributed by atoms with van der Waals surface area (Å²) in [7, 11) is 0. The van der Waals surface area contributed by atoms with Crippen molar-refractivity contribution in [3.63, 3.8) is 0 Å². The first-order chi connectivity index (χ1) is 3.38. The number of piperidine rings is 1. The largest absolute Gasteiger partial charge is 0.313 e. The van der Waals surface area contributed by atoms with Crippen molar-refractivity contribution < 1.29 is 0 Å². The summed E-state index contributed by atoms with van der Waals surface area (Å²) in [5, 5.41) is 3.44. The number of fused-ring (bicyclic) bond motifs is 1. The lowest BCUT2D eigenvalue weighted by Gasteiger charge is -1.98. The van der Waals surface area contributed by atoms with E-state index in [1.54, 1.807) is 0 Å². The predicted molar refractivity (Wildman–Crippen MR) is 29.1 cm³/mol. The normalized spacial score (nSPS) is 57.0. The van der Waals surface area contributed by atoms with E-state index < -0.39 is 0 Å². The summed E-state index contributed by atoms with van der Waals surface area (Å²) in [5.41, 5.74) is 0. The number of hydrogen-bond donors (Lipinski definition) is 1. The minimum atomic E-state index is 0.940. The van der Waals surface area contributed by atoms with Crippen molar-refractivity contribution in [3.05, 3.63) is 0 Å². The van der Waals surface area contributed by atoms with Gasteiger partial charge >= 0.3 is 0 Å². The van der Waals surface area contributed by atoms with Crippen LogP contribution in [0.3, 0.4) is 0 Å². The van der Waals surface area contributed by atoms with Crippen LogP contribution in [0, 0.1) is 11.8 Å². The summed E-state index contributed by atoms with van der Waals surface area (Å²) in [6.07, 6.45) is 1.46. The Morgan fingerprint density at radius 2 is 2.43 bits per heavy atom. The zero-order valence-corrected chi connectivity index (χ0v) is 4.65. The first kappa shape index (κ1) is 3.90. The molecule has 0 radical (unpaired) electrons. The Balaban J connectivity index is 2.08. The van der Waals surface area contributed by atoms with E-state index in [9.17, 15) is 0 Å². The van der Waals surface area contributed by atoms with Crippen LogP contribution in [0.25, 0.3) is 0 Å². The highest BCUT2D eigenvalue weighted by Gasteiger charge is 2.45. The molecule has 2 aliphatic rings. The van der Waals surface area contributed by atoms with Gasteiger partial charge in [0.15, 0.2) is 0 Å². The SMILES string of the molecule is CC1CNC2CC12. The molecule has 1 N–H and O–H groups in total. The molecule has 2 rings (SSSR count). The van der Waals surface area contributed by atoms with Gasteiger partial charge in [-0.05, 0) is 24.8 Å². The van der Waals surface area contributed by atoms with Gasteiger partial charge in [0.05, 0.1) is 0 Å². The molecule has 0 aromatic heterocycles. The van der Waals surface area contributed by atoms with E-state index in [2.05, 4.69) is 12.2 Å². The molecule has 0 bridgehead atoms. The molecule has 1 saturated heterocycles. The lowest BCUT2D eigenvalue weighted by atomic mass is 10.1. The maximum Gasteiger partial charge on any atom is 0.0102 e. The van der Waals surface area contributed by atoms with E-state index in [-0.39, 0.29) is 0 Å². The van der Waals surface area contributed by atoms with Crippen LogP contribution in [-0.2, 0) is 0 Å². The second kappa shape index (κ2) is 1.03. The Labute approximate surface area is 44.1 Å². The van der Waals surface area contributed by atoms with E-state index in [0.29, 0.717) is 0 Å². The van der Waals surface area contributed by atoms with Crippen molar-refractivity contribution in [2.45, 2.75) is 19.4 Å². The highest BCUT2D eigenvalue weighted by Crippen LogP contribution is 2.41.